The van der Waals surface area contributed by atoms with Crippen LogP contribution in [0.15, 0.2) is 53.5 Å². The Balaban J connectivity index is 1.72. The van der Waals surface area contributed by atoms with E-state index in [-0.39, 0.29) is 5.69 Å². The number of hydrogen-bond donors (Lipinski definition) is 0. The number of hydrogen-bond acceptors (Lipinski definition) is 3. The first-order chi connectivity index (χ1) is 11.0. The fourth-order valence-corrected chi connectivity index (χ4v) is 2.66. The van der Waals surface area contributed by atoms with Gasteiger partial charge in [0.2, 0.25) is 0 Å². The van der Waals surface area contributed by atoms with Crippen molar-refractivity contribution in [2.75, 3.05) is 7.05 Å². The van der Waals surface area contributed by atoms with E-state index in [9.17, 15) is 4.79 Å². The summed E-state index contributed by atoms with van der Waals surface area (Å²) in [6.07, 6.45) is 1.74. The molecule has 5 nitrogen and oxygen atoms in total. The first kappa shape index (κ1) is 15.5. The van der Waals surface area contributed by atoms with Gasteiger partial charge in [0, 0.05) is 12.7 Å². The molecule has 0 unspecified atom stereocenters. The van der Waals surface area contributed by atoms with Gasteiger partial charge in [-0.2, -0.15) is 4.68 Å². The second kappa shape index (κ2) is 6.38. The zero-order chi connectivity index (χ0) is 16.4. The molecule has 0 bridgehead atoms. The molecule has 23 heavy (non-hydrogen) atoms. The number of rotatable bonds is 5. The van der Waals surface area contributed by atoms with Gasteiger partial charge in [0.05, 0.1) is 6.67 Å². The summed E-state index contributed by atoms with van der Waals surface area (Å²) in [7, 11) is 1.99. The van der Waals surface area contributed by atoms with Crippen molar-refractivity contribution in [3.05, 3.63) is 70.3 Å². The van der Waals surface area contributed by atoms with Gasteiger partial charge in [-0.15, -0.1) is 5.10 Å². The highest BCUT2D eigenvalue weighted by atomic mass is 16.2. The fourth-order valence-electron chi connectivity index (χ4n) is 2.66. The van der Waals surface area contributed by atoms with E-state index in [0.717, 1.165) is 6.54 Å². The van der Waals surface area contributed by atoms with Crippen LogP contribution < -0.4 is 5.69 Å². The van der Waals surface area contributed by atoms with Crippen LogP contribution in [0.5, 0.6) is 0 Å². The van der Waals surface area contributed by atoms with Crippen molar-refractivity contribution in [2.45, 2.75) is 33.0 Å². The number of pyridine rings is 1. The highest BCUT2D eigenvalue weighted by molar-refractivity contribution is 5.35. The minimum absolute atomic E-state index is 0.109. The van der Waals surface area contributed by atoms with Crippen LogP contribution in [0.1, 0.15) is 30.9 Å². The third kappa shape index (κ3) is 3.35. The van der Waals surface area contributed by atoms with Crippen molar-refractivity contribution in [1.82, 2.24) is 19.1 Å². The molecule has 0 saturated heterocycles. The van der Waals surface area contributed by atoms with E-state index in [1.807, 2.05) is 25.2 Å². The lowest BCUT2D eigenvalue weighted by Crippen LogP contribution is -2.30. The molecule has 0 N–H and O–H groups in total. The molecule has 0 radical (unpaired) electrons. The standard InChI is InChI=1S/C18H22N4O/c1-14(2)16-9-7-15(8-10-16)12-20(3)13-22-18(23)21-11-5-4-6-17(21)19-22/h4-11,14H,12-13H2,1-3H3. The van der Waals surface area contributed by atoms with Crippen LogP contribution in [0.3, 0.4) is 0 Å². The first-order valence-electron chi connectivity index (χ1n) is 7.86. The predicted molar refractivity (Wildman–Crippen MR) is 91.5 cm³/mol. The van der Waals surface area contributed by atoms with Crippen molar-refractivity contribution < 1.29 is 0 Å². The van der Waals surface area contributed by atoms with E-state index in [1.165, 1.54) is 15.8 Å². The van der Waals surface area contributed by atoms with E-state index in [1.54, 1.807) is 10.6 Å². The van der Waals surface area contributed by atoms with Gasteiger partial charge in [-0.05, 0) is 36.2 Å². The average Bonchev–Trinajstić information content (AvgIpc) is 2.84. The molecular weight excluding hydrogens is 288 g/mol. The molecule has 0 aliphatic heterocycles. The second-order valence-corrected chi connectivity index (χ2v) is 6.26. The lowest BCUT2D eigenvalue weighted by molar-refractivity contribution is 0.242. The number of benzene rings is 1. The van der Waals surface area contributed by atoms with E-state index < -0.39 is 0 Å². The van der Waals surface area contributed by atoms with Crippen LogP contribution in [0.25, 0.3) is 5.65 Å². The summed E-state index contributed by atoms with van der Waals surface area (Å²) in [5.41, 5.74) is 3.14. The Morgan fingerprint density at radius 2 is 1.87 bits per heavy atom. The lowest BCUT2D eigenvalue weighted by atomic mass is 10.0. The summed E-state index contributed by atoms with van der Waals surface area (Å²) in [5, 5.41) is 4.36. The summed E-state index contributed by atoms with van der Waals surface area (Å²) in [5.74, 6) is 0.540. The molecular formula is C18H22N4O. The predicted octanol–water partition coefficient (Wildman–Crippen LogP) is 2.71. The molecule has 0 saturated carbocycles. The normalized spacial score (nSPS) is 11.7. The molecule has 0 aliphatic rings. The van der Waals surface area contributed by atoms with E-state index >= 15 is 0 Å². The molecule has 3 rings (SSSR count). The summed E-state index contributed by atoms with van der Waals surface area (Å²) >= 11 is 0. The van der Waals surface area contributed by atoms with Crippen molar-refractivity contribution in [1.29, 1.82) is 0 Å². The highest BCUT2D eigenvalue weighted by Gasteiger charge is 2.09. The molecule has 2 aromatic heterocycles. The topological polar surface area (TPSA) is 42.5 Å². The molecule has 0 atom stereocenters. The summed E-state index contributed by atoms with van der Waals surface area (Å²) in [6, 6.07) is 14.2. The average molecular weight is 310 g/mol. The van der Waals surface area contributed by atoms with Gasteiger partial charge in [-0.3, -0.25) is 9.30 Å². The Labute approximate surface area is 135 Å². The van der Waals surface area contributed by atoms with Crippen LogP contribution in [-0.4, -0.2) is 26.1 Å². The van der Waals surface area contributed by atoms with Gasteiger partial charge in [0.1, 0.15) is 0 Å². The molecule has 5 heteroatoms. The number of aromatic nitrogens is 3. The van der Waals surface area contributed by atoms with Crippen molar-refractivity contribution in [3.63, 3.8) is 0 Å². The van der Waals surface area contributed by atoms with Gasteiger partial charge < -0.3 is 0 Å². The Hall–Kier alpha value is -2.40. The molecule has 0 spiro atoms. The number of nitrogens with zero attached hydrogens (tertiary/aromatic N) is 4. The van der Waals surface area contributed by atoms with Gasteiger partial charge in [0.15, 0.2) is 5.65 Å². The Kier molecular flexibility index (Phi) is 4.30. The van der Waals surface area contributed by atoms with Gasteiger partial charge in [-0.1, -0.05) is 44.2 Å². The summed E-state index contributed by atoms with van der Waals surface area (Å²) in [6.45, 7) is 5.62. The SMILES string of the molecule is CC(C)c1ccc(CN(C)Cn2nc3ccccn3c2=O)cc1. The van der Waals surface area contributed by atoms with Crippen LogP contribution in [0.4, 0.5) is 0 Å². The zero-order valence-electron chi connectivity index (χ0n) is 13.8. The minimum atomic E-state index is -0.109. The van der Waals surface area contributed by atoms with Crippen molar-refractivity contribution >= 4 is 5.65 Å². The maximum Gasteiger partial charge on any atom is 0.351 e. The quantitative estimate of drug-likeness (QED) is 0.728. The third-order valence-electron chi connectivity index (χ3n) is 3.96. The first-order valence-corrected chi connectivity index (χ1v) is 7.86. The van der Waals surface area contributed by atoms with Gasteiger partial charge >= 0.3 is 5.69 Å². The maximum absolute atomic E-state index is 12.3. The molecule has 0 amide bonds. The fraction of sp³-hybridized carbons (Fsp3) is 0.333. The third-order valence-corrected chi connectivity index (χ3v) is 3.96. The molecule has 3 aromatic rings. The highest BCUT2D eigenvalue weighted by Crippen LogP contribution is 2.15. The largest absolute Gasteiger partial charge is 0.351 e. The van der Waals surface area contributed by atoms with Crippen molar-refractivity contribution in [3.8, 4) is 0 Å². The second-order valence-electron chi connectivity index (χ2n) is 6.26. The Bertz CT molecular complexity index is 845. The monoisotopic (exact) mass is 310 g/mol. The molecule has 1 aromatic carbocycles. The van der Waals surface area contributed by atoms with Crippen molar-refractivity contribution in [2.24, 2.45) is 0 Å². The summed E-state index contributed by atoms with van der Waals surface area (Å²) < 4.78 is 3.06. The molecule has 0 aliphatic carbocycles. The van der Waals surface area contributed by atoms with Gasteiger partial charge in [0.25, 0.3) is 0 Å². The zero-order valence-corrected chi connectivity index (χ0v) is 13.8. The maximum atomic E-state index is 12.3. The molecule has 0 fully saturated rings. The molecule has 2 heterocycles. The molecule has 120 valence electrons. The smallest absolute Gasteiger partial charge is 0.283 e. The van der Waals surface area contributed by atoms with Gasteiger partial charge in [-0.25, -0.2) is 4.79 Å². The lowest BCUT2D eigenvalue weighted by Gasteiger charge is -2.16. The minimum Gasteiger partial charge on any atom is -0.283 e. The summed E-state index contributed by atoms with van der Waals surface area (Å²) in [4.78, 5) is 14.4. The van der Waals surface area contributed by atoms with E-state index in [4.69, 9.17) is 0 Å². The van der Waals surface area contributed by atoms with E-state index in [0.29, 0.717) is 18.2 Å². The Morgan fingerprint density at radius 3 is 2.52 bits per heavy atom. The van der Waals surface area contributed by atoms with E-state index in [2.05, 4.69) is 48.1 Å². The Morgan fingerprint density at radius 1 is 1.13 bits per heavy atom. The van der Waals surface area contributed by atoms with Crippen LogP contribution in [0, 0.1) is 0 Å². The van der Waals surface area contributed by atoms with Crippen LogP contribution >= 0.6 is 0 Å². The number of fused-ring (bicyclic) bond motifs is 1. The van der Waals surface area contributed by atoms with Crippen LogP contribution in [-0.2, 0) is 13.2 Å². The van der Waals surface area contributed by atoms with Crippen LogP contribution in [0.2, 0.25) is 0 Å².